The minimum atomic E-state index is -0.801. The number of rotatable bonds is 14. The molecule has 8 N–H and O–H groups in total. The Morgan fingerprint density at radius 3 is 2.33 bits per heavy atom. The maximum atomic E-state index is 12.6. The third kappa shape index (κ3) is 15.2. The smallest absolute Gasteiger partial charge is 0.407 e. The molecule has 0 saturated carbocycles. The Morgan fingerprint density at radius 1 is 1.08 bits per heavy atom. The van der Waals surface area contributed by atoms with Crippen molar-refractivity contribution in [1.29, 1.82) is 0 Å². The monoisotopic (exact) mass is 506 g/mol. The molecule has 0 bridgehead atoms. The Kier molecular flexibility index (Phi) is 13.4. The molecule has 3 amide bonds. The maximum Gasteiger partial charge on any atom is 0.407 e. The van der Waals surface area contributed by atoms with E-state index in [1.807, 2.05) is 0 Å². The second kappa shape index (κ2) is 16.0. The normalized spacial score (nSPS) is 12.0. The van der Waals surface area contributed by atoms with Crippen LogP contribution in [0.1, 0.15) is 39.2 Å². The van der Waals surface area contributed by atoms with Crippen LogP contribution in [0.25, 0.3) is 6.08 Å². The zero-order valence-corrected chi connectivity index (χ0v) is 21.1. The molecule has 12 heteroatoms. The molecule has 0 fully saturated rings. The van der Waals surface area contributed by atoms with Crippen molar-refractivity contribution in [3.05, 3.63) is 35.9 Å². The van der Waals surface area contributed by atoms with Crippen molar-refractivity contribution in [2.24, 2.45) is 16.5 Å². The number of phenolic OH excluding ortho intramolecular Hbond substituents is 1. The zero-order chi connectivity index (χ0) is 27.0. The van der Waals surface area contributed by atoms with Crippen molar-refractivity contribution in [1.82, 2.24) is 16.0 Å². The zero-order valence-electron chi connectivity index (χ0n) is 21.1. The molecule has 1 rings (SSSR count). The summed E-state index contributed by atoms with van der Waals surface area (Å²) < 4.78 is 10.5. The van der Waals surface area contributed by atoms with Gasteiger partial charge in [-0.05, 0) is 57.4 Å². The minimum absolute atomic E-state index is 0.0461. The third-order valence-electron chi connectivity index (χ3n) is 4.36. The van der Waals surface area contributed by atoms with E-state index in [0.717, 1.165) is 5.56 Å². The van der Waals surface area contributed by atoms with E-state index in [4.69, 9.17) is 20.9 Å². The van der Waals surface area contributed by atoms with Crippen molar-refractivity contribution in [3.63, 3.8) is 0 Å². The number of carbonyl (C=O) groups excluding carboxylic acids is 3. The SMILES string of the molecule is CC(C)(C)OC(=O)NCCOCCNC(=O)[C@@H](CCCN=C(N)N)NC(=O)/C=C\c1ccc(O)cc1. The molecule has 0 saturated heterocycles. The first-order valence-electron chi connectivity index (χ1n) is 11.6. The Hall–Kier alpha value is -3.80. The molecule has 0 aliphatic heterocycles. The average molecular weight is 507 g/mol. The lowest BCUT2D eigenvalue weighted by Crippen LogP contribution is -2.47. The van der Waals surface area contributed by atoms with E-state index >= 15 is 0 Å². The molecule has 1 aromatic carbocycles. The second-order valence-electron chi connectivity index (χ2n) is 8.77. The lowest BCUT2D eigenvalue weighted by atomic mass is 10.1. The quantitative estimate of drug-likeness (QED) is 0.0914. The van der Waals surface area contributed by atoms with Gasteiger partial charge < -0.3 is 42.0 Å². The van der Waals surface area contributed by atoms with Gasteiger partial charge in [-0.15, -0.1) is 0 Å². The highest BCUT2D eigenvalue weighted by molar-refractivity contribution is 5.95. The molecule has 0 unspecified atom stereocenters. The molecule has 0 aliphatic rings. The topological polar surface area (TPSA) is 190 Å². The van der Waals surface area contributed by atoms with Crippen LogP contribution in [0.2, 0.25) is 0 Å². The van der Waals surface area contributed by atoms with Crippen molar-refractivity contribution >= 4 is 29.9 Å². The summed E-state index contributed by atoms with van der Waals surface area (Å²) in [7, 11) is 0. The highest BCUT2D eigenvalue weighted by Gasteiger charge is 2.19. The summed E-state index contributed by atoms with van der Waals surface area (Å²) in [6.07, 6.45) is 3.15. The number of hydrogen-bond donors (Lipinski definition) is 6. The van der Waals surface area contributed by atoms with Gasteiger partial charge in [-0.1, -0.05) is 12.1 Å². The molecule has 0 radical (unpaired) electrons. The highest BCUT2D eigenvalue weighted by atomic mass is 16.6. The van der Waals surface area contributed by atoms with Crippen molar-refractivity contribution in [3.8, 4) is 5.75 Å². The summed E-state index contributed by atoms with van der Waals surface area (Å²) in [4.78, 5) is 40.5. The number of alkyl carbamates (subject to hydrolysis) is 1. The first-order valence-corrected chi connectivity index (χ1v) is 11.6. The van der Waals surface area contributed by atoms with E-state index in [9.17, 15) is 19.5 Å². The molecule has 1 aromatic rings. The van der Waals surface area contributed by atoms with Crippen LogP contribution in [0.15, 0.2) is 35.3 Å². The van der Waals surface area contributed by atoms with Gasteiger partial charge >= 0.3 is 6.09 Å². The van der Waals surface area contributed by atoms with Crippen LogP contribution in [0.4, 0.5) is 4.79 Å². The predicted octanol–water partition coefficient (Wildman–Crippen LogP) is 0.601. The van der Waals surface area contributed by atoms with Crippen LogP contribution < -0.4 is 27.4 Å². The average Bonchev–Trinajstić information content (AvgIpc) is 2.78. The first kappa shape index (κ1) is 30.2. The predicted molar refractivity (Wildman–Crippen MR) is 137 cm³/mol. The molecular weight excluding hydrogens is 468 g/mol. The van der Waals surface area contributed by atoms with E-state index in [0.29, 0.717) is 19.4 Å². The van der Waals surface area contributed by atoms with Gasteiger partial charge in [0.2, 0.25) is 11.8 Å². The van der Waals surface area contributed by atoms with Gasteiger partial charge in [-0.25, -0.2) is 4.79 Å². The Morgan fingerprint density at radius 2 is 1.72 bits per heavy atom. The minimum Gasteiger partial charge on any atom is -0.508 e. The summed E-state index contributed by atoms with van der Waals surface area (Å²) in [6.45, 7) is 6.58. The number of aliphatic imine (C=N–C) groups is 1. The van der Waals surface area contributed by atoms with Crippen LogP contribution in [0.3, 0.4) is 0 Å². The number of carbonyl (C=O) groups is 3. The molecule has 36 heavy (non-hydrogen) atoms. The van der Waals surface area contributed by atoms with Crippen LogP contribution in [0, 0.1) is 0 Å². The Bertz CT molecular complexity index is 891. The summed E-state index contributed by atoms with van der Waals surface area (Å²) in [5.41, 5.74) is 10.8. The number of guanidine groups is 1. The summed E-state index contributed by atoms with van der Waals surface area (Å²) in [6, 6.07) is 5.52. The number of aromatic hydroxyl groups is 1. The number of hydrogen-bond acceptors (Lipinski definition) is 7. The van der Waals surface area contributed by atoms with Gasteiger partial charge in [-0.2, -0.15) is 0 Å². The Balaban J connectivity index is 2.46. The lowest BCUT2D eigenvalue weighted by molar-refractivity contribution is -0.127. The van der Waals surface area contributed by atoms with Crippen LogP contribution in [-0.4, -0.2) is 73.5 Å². The second-order valence-corrected chi connectivity index (χ2v) is 8.77. The van der Waals surface area contributed by atoms with Crippen molar-refractivity contribution in [2.45, 2.75) is 45.3 Å². The van der Waals surface area contributed by atoms with Crippen LogP contribution >= 0.6 is 0 Å². The van der Waals surface area contributed by atoms with Gasteiger partial charge in [0.15, 0.2) is 5.96 Å². The van der Waals surface area contributed by atoms with Gasteiger partial charge in [0.05, 0.1) is 13.2 Å². The van der Waals surface area contributed by atoms with E-state index in [2.05, 4.69) is 20.9 Å². The van der Waals surface area contributed by atoms with Crippen molar-refractivity contribution in [2.75, 3.05) is 32.8 Å². The van der Waals surface area contributed by atoms with Gasteiger partial charge in [0.25, 0.3) is 0 Å². The molecular formula is C24H38N6O6. The fraction of sp³-hybridized carbons (Fsp3) is 0.500. The molecule has 12 nitrogen and oxygen atoms in total. The first-order chi connectivity index (χ1) is 17.0. The summed E-state index contributed by atoms with van der Waals surface area (Å²) >= 11 is 0. The fourth-order valence-corrected chi connectivity index (χ4v) is 2.76. The summed E-state index contributed by atoms with van der Waals surface area (Å²) in [5, 5.41) is 17.3. The number of nitrogens with zero attached hydrogens (tertiary/aromatic N) is 1. The van der Waals surface area contributed by atoms with E-state index in [1.165, 1.54) is 18.2 Å². The molecule has 0 heterocycles. The van der Waals surface area contributed by atoms with Crippen LogP contribution in [-0.2, 0) is 19.1 Å². The number of amides is 3. The lowest BCUT2D eigenvalue weighted by Gasteiger charge is -2.19. The molecule has 0 aliphatic carbocycles. The Labute approximate surface area is 211 Å². The standard InChI is InChI=1S/C24H38N6O6/c1-24(2,3)36-23(34)29-14-16-35-15-13-27-21(33)19(5-4-12-28-22(25)26)30-20(32)11-8-17-6-9-18(31)10-7-17/h6-11,19,31H,4-5,12-16H2,1-3H3,(H,27,33)(H,29,34)(H,30,32)(H4,25,26,28)/b11-8-/t19-/m1/s1. The van der Waals surface area contributed by atoms with E-state index < -0.39 is 23.6 Å². The van der Waals surface area contributed by atoms with Gasteiger partial charge in [-0.3, -0.25) is 14.6 Å². The largest absolute Gasteiger partial charge is 0.508 e. The third-order valence-corrected chi connectivity index (χ3v) is 4.36. The number of phenols is 1. The van der Waals surface area contributed by atoms with Gasteiger partial charge in [0.1, 0.15) is 17.4 Å². The number of ether oxygens (including phenoxy) is 2. The molecule has 0 aromatic heterocycles. The van der Waals surface area contributed by atoms with E-state index in [1.54, 1.807) is 39.0 Å². The number of benzene rings is 1. The molecule has 1 atom stereocenters. The molecule has 0 spiro atoms. The fourth-order valence-electron chi connectivity index (χ4n) is 2.76. The molecule has 200 valence electrons. The highest BCUT2D eigenvalue weighted by Crippen LogP contribution is 2.10. The van der Waals surface area contributed by atoms with E-state index in [-0.39, 0.29) is 43.9 Å². The van der Waals surface area contributed by atoms with Crippen LogP contribution in [0.5, 0.6) is 5.75 Å². The number of nitrogens with one attached hydrogen (secondary N) is 3. The maximum absolute atomic E-state index is 12.6. The number of nitrogens with two attached hydrogens (primary N) is 2. The summed E-state index contributed by atoms with van der Waals surface area (Å²) in [5.74, 6) is -0.747. The van der Waals surface area contributed by atoms with Gasteiger partial charge in [0, 0.05) is 25.7 Å². The van der Waals surface area contributed by atoms with Crippen molar-refractivity contribution < 1.29 is 29.0 Å².